The normalized spacial score (nSPS) is 15.6. The van der Waals surface area contributed by atoms with Crippen molar-refractivity contribution >= 4 is 5.78 Å². The lowest BCUT2D eigenvalue weighted by molar-refractivity contribution is 0.0969. The number of aromatic hydroxyl groups is 1. The van der Waals surface area contributed by atoms with Crippen LogP contribution in [0.4, 0.5) is 0 Å². The van der Waals surface area contributed by atoms with Crippen LogP contribution in [0.1, 0.15) is 34.3 Å². The summed E-state index contributed by atoms with van der Waals surface area (Å²) in [4.78, 5) is 11.5. The van der Waals surface area contributed by atoms with E-state index in [0.29, 0.717) is 12.0 Å². The number of phenols is 1. The molecule has 1 aromatic carbocycles. The Hall–Kier alpha value is -1.31. The van der Waals surface area contributed by atoms with E-state index in [4.69, 9.17) is 0 Å². The molecule has 0 amide bonds. The van der Waals surface area contributed by atoms with E-state index in [0.717, 1.165) is 24.0 Å². The SMILES string of the molecule is Cc1cc(O)c2c(c1)CCCC2=O. The number of hydrogen-bond donors (Lipinski definition) is 1. The van der Waals surface area contributed by atoms with Gasteiger partial charge in [0.15, 0.2) is 5.78 Å². The van der Waals surface area contributed by atoms with E-state index in [-0.39, 0.29) is 11.5 Å². The fourth-order valence-electron chi connectivity index (χ4n) is 1.92. The van der Waals surface area contributed by atoms with Crippen LogP contribution in [0, 0.1) is 6.92 Å². The summed E-state index contributed by atoms with van der Waals surface area (Å²) in [5.74, 6) is 0.235. The first-order chi connectivity index (χ1) is 6.18. The molecule has 0 aromatic heterocycles. The highest BCUT2D eigenvalue weighted by molar-refractivity contribution is 6.01. The molecule has 0 aliphatic heterocycles. The van der Waals surface area contributed by atoms with Gasteiger partial charge in [-0.15, -0.1) is 0 Å². The maximum Gasteiger partial charge on any atom is 0.166 e. The zero-order valence-electron chi connectivity index (χ0n) is 7.63. The molecule has 2 nitrogen and oxygen atoms in total. The lowest BCUT2D eigenvalue weighted by Gasteiger charge is -2.16. The highest BCUT2D eigenvalue weighted by Gasteiger charge is 2.20. The molecule has 0 unspecified atom stereocenters. The highest BCUT2D eigenvalue weighted by atomic mass is 16.3. The summed E-state index contributed by atoms with van der Waals surface area (Å²) in [6, 6.07) is 3.65. The van der Waals surface area contributed by atoms with Crippen molar-refractivity contribution in [3.63, 3.8) is 0 Å². The summed E-state index contributed by atoms with van der Waals surface area (Å²) in [5.41, 5.74) is 2.58. The van der Waals surface area contributed by atoms with Crippen LogP contribution in [0.5, 0.6) is 5.75 Å². The maximum absolute atomic E-state index is 11.5. The summed E-state index contributed by atoms with van der Waals surface area (Å²) in [6.45, 7) is 1.93. The van der Waals surface area contributed by atoms with Crippen LogP contribution in [0.2, 0.25) is 0 Å². The van der Waals surface area contributed by atoms with E-state index >= 15 is 0 Å². The van der Waals surface area contributed by atoms with Crippen LogP contribution < -0.4 is 0 Å². The predicted octanol–water partition coefficient (Wildman–Crippen LogP) is 2.22. The molecule has 0 spiro atoms. The van der Waals surface area contributed by atoms with Crippen molar-refractivity contribution in [3.8, 4) is 5.75 Å². The lowest BCUT2D eigenvalue weighted by atomic mass is 9.89. The van der Waals surface area contributed by atoms with E-state index in [2.05, 4.69) is 0 Å². The van der Waals surface area contributed by atoms with Crippen molar-refractivity contribution in [2.45, 2.75) is 26.2 Å². The van der Waals surface area contributed by atoms with Crippen LogP contribution in [0.15, 0.2) is 12.1 Å². The minimum atomic E-state index is 0.0822. The zero-order chi connectivity index (χ0) is 9.42. The largest absolute Gasteiger partial charge is 0.507 e. The van der Waals surface area contributed by atoms with E-state index in [9.17, 15) is 9.90 Å². The molecule has 1 N–H and O–H groups in total. The molecule has 2 rings (SSSR count). The highest BCUT2D eigenvalue weighted by Crippen LogP contribution is 2.29. The number of rotatable bonds is 0. The van der Waals surface area contributed by atoms with Crippen molar-refractivity contribution in [2.75, 3.05) is 0 Å². The molecule has 2 heteroatoms. The number of fused-ring (bicyclic) bond motifs is 1. The average molecular weight is 176 g/mol. The molecular formula is C11H12O2. The van der Waals surface area contributed by atoms with Crippen LogP contribution >= 0.6 is 0 Å². The monoisotopic (exact) mass is 176 g/mol. The summed E-state index contributed by atoms with van der Waals surface area (Å²) in [6.07, 6.45) is 2.40. The van der Waals surface area contributed by atoms with Crippen LogP contribution in [0.3, 0.4) is 0 Å². The summed E-state index contributed by atoms with van der Waals surface area (Å²) in [7, 11) is 0. The first-order valence-corrected chi connectivity index (χ1v) is 4.54. The van der Waals surface area contributed by atoms with Gasteiger partial charge in [-0.3, -0.25) is 4.79 Å². The van der Waals surface area contributed by atoms with Crippen LogP contribution in [-0.2, 0) is 6.42 Å². The molecule has 0 saturated heterocycles. The fraction of sp³-hybridized carbons (Fsp3) is 0.364. The number of Topliss-reactive ketones (excluding diaryl/α,β-unsaturated/α-hetero) is 1. The molecule has 1 aliphatic rings. The van der Waals surface area contributed by atoms with Gasteiger partial charge >= 0.3 is 0 Å². The number of benzene rings is 1. The first-order valence-electron chi connectivity index (χ1n) is 4.54. The van der Waals surface area contributed by atoms with Crippen LogP contribution in [-0.4, -0.2) is 10.9 Å². The van der Waals surface area contributed by atoms with E-state index in [1.165, 1.54) is 0 Å². The second kappa shape index (κ2) is 2.87. The number of ketones is 1. The standard InChI is InChI=1S/C11H12O2/c1-7-5-8-3-2-4-9(12)11(8)10(13)6-7/h5-6,13H,2-4H2,1H3. The average Bonchev–Trinajstić information content (AvgIpc) is 2.02. The Kier molecular flexibility index (Phi) is 1.83. The Labute approximate surface area is 77.2 Å². The Morgan fingerprint density at radius 2 is 2.08 bits per heavy atom. The predicted molar refractivity (Wildman–Crippen MR) is 50.1 cm³/mol. The topological polar surface area (TPSA) is 37.3 Å². The molecule has 1 aromatic rings. The van der Waals surface area contributed by atoms with Gasteiger partial charge in [0, 0.05) is 6.42 Å². The molecule has 0 fully saturated rings. The third-order valence-electron chi connectivity index (χ3n) is 2.47. The number of carbonyl (C=O) groups is 1. The molecule has 13 heavy (non-hydrogen) atoms. The third-order valence-corrected chi connectivity index (χ3v) is 2.47. The summed E-state index contributed by atoms with van der Waals surface area (Å²) >= 11 is 0. The number of aryl methyl sites for hydroxylation is 2. The molecule has 0 bridgehead atoms. The van der Waals surface area contributed by atoms with Crippen molar-refractivity contribution in [1.29, 1.82) is 0 Å². The van der Waals surface area contributed by atoms with Crippen molar-refractivity contribution in [1.82, 2.24) is 0 Å². The van der Waals surface area contributed by atoms with Gasteiger partial charge in [0.25, 0.3) is 0 Å². The second-order valence-corrected chi connectivity index (χ2v) is 3.59. The Balaban J connectivity index is 2.63. The first kappa shape index (κ1) is 8.30. The minimum absolute atomic E-state index is 0.0822. The van der Waals surface area contributed by atoms with Gasteiger partial charge in [-0.2, -0.15) is 0 Å². The van der Waals surface area contributed by atoms with Gasteiger partial charge in [0.1, 0.15) is 5.75 Å². The van der Waals surface area contributed by atoms with Gasteiger partial charge in [0.05, 0.1) is 5.56 Å². The van der Waals surface area contributed by atoms with Gasteiger partial charge in [-0.05, 0) is 37.0 Å². The molecule has 0 saturated carbocycles. The zero-order valence-corrected chi connectivity index (χ0v) is 7.63. The van der Waals surface area contributed by atoms with Gasteiger partial charge < -0.3 is 5.11 Å². The summed E-state index contributed by atoms with van der Waals surface area (Å²) < 4.78 is 0. The number of carbonyl (C=O) groups excluding carboxylic acids is 1. The summed E-state index contributed by atoms with van der Waals surface area (Å²) in [5, 5.41) is 9.59. The fourth-order valence-corrected chi connectivity index (χ4v) is 1.92. The quantitative estimate of drug-likeness (QED) is 0.658. The molecule has 1 aliphatic carbocycles. The van der Waals surface area contributed by atoms with Gasteiger partial charge in [0.2, 0.25) is 0 Å². The number of phenolic OH excluding ortho intramolecular Hbond substituents is 1. The van der Waals surface area contributed by atoms with Gasteiger partial charge in [-0.1, -0.05) is 6.07 Å². The van der Waals surface area contributed by atoms with Gasteiger partial charge in [-0.25, -0.2) is 0 Å². The molecule has 68 valence electrons. The van der Waals surface area contributed by atoms with E-state index in [1.807, 2.05) is 13.0 Å². The lowest BCUT2D eigenvalue weighted by Crippen LogP contribution is -2.11. The Morgan fingerprint density at radius 1 is 1.31 bits per heavy atom. The van der Waals surface area contributed by atoms with Crippen molar-refractivity contribution in [3.05, 3.63) is 28.8 Å². The Bertz CT molecular complexity index is 367. The molecule has 0 heterocycles. The van der Waals surface area contributed by atoms with Crippen molar-refractivity contribution in [2.24, 2.45) is 0 Å². The third kappa shape index (κ3) is 1.32. The maximum atomic E-state index is 11.5. The van der Waals surface area contributed by atoms with E-state index in [1.54, 1.807) is 6.07 Å². The smallest absolute Gasteiger partial charge is 0.166 e. The van der Waals surface area contributed by atoms with Crippen molar-refractivity contribution < 1.29 is 9.90 Å². The van der Waals surface area contributed by atoms with Crippen LogP contribution in [0.25, 0.3) is 0 Å². The number of hydrogen-bond acceptors (Lipinski definition) is 2. The molecule has 0 radical (unpaired) electrons. The second-order valence-electron chi connectivity index (χ2n) is 3.59. The molecular weight excluding hydrogens is 164 g/mol. The van der Waals surface area contributed by atoms with E-state index < -0.39 is 0 Å². The minimum Gasteiger partial charge on any atom is -0.507 e. The Morgan fingerprint density at radius 3 is 2.85 bits per heavy atom. The molecule has 0 atom stereocenters.